The molecule has 2 rings (SSSR count). The Balaban J connectivity index is 2.10. The number of aromatic nitrogens is 1. The number of amides is 2. The monoisotopic (exact) mass is 295 g/mol. The summed E-state index contributed by atoms with van der Waals surface area (Å²) in [6.07, 6.45) is 0. The van der Waals surface area contributed by atoms with Crippen molar-refractivity contribution in [2.45, 2.75) is 13.0 Å². The molecule has 0 aliphatic carbocycles. The van der Waals surface area contributed by atoms with Crippen molar-refractivity contribution in [1.82, 2.24) is 10.3 Å². The zero-order valence-corrected chi connectivity index (χ0v) is 11.7. The van der Waals surface area contributed by atoms with Crippen LogP contribution in [0.5, 0.6) is 5.75 Å². The minimum Gasteiger partial charge on any atom is -0.497 e. The SMILES string of the molecule is COc1ccc2nc(NC(=O)N[C@H](C)C(=O)O)sc2c1. The molecule has 0 aliphatic rings. The van der Waals surface area contributed by atoms with Crippen LogP contribution in [0.4, 0.5) is 9.93 Å². The maximum atomic E-state index is 11.6. The van der Waals surface area contributed by atoms with Crippen LogP contribution in [0.3, 0.4) is 0 Å². The van der Waals surface area contributed by atoms with Crippen LogP contribution < -0.4 is 15.4 Å². The Bertz CT molecular complexity index is 655. The van der Waals surface area contributed by atoms with Gasteiger partial charge in [0.15, 0.2) is 5.13 Å². The summed E-state index contributed by atoms with van der Waals surface area (Å²) in [7, 11) is 1.57. The molecular weight excluding hydrogens is 282 g/mol. The number of ether oxygens (including phenoxy) is 1. The van der Waals surface area contributed by atoms with Crippen LogP contribution in [-0.2, 0) is 4.79 Å². The van der Waals surface area contributed by atoms with Crippen molar-refractivity contribution in [3.63, 3.8) is 0 Å². The van der Waals surface area contributed by atoms with E-state index in [0.717, 1.165) is 10.2 Å². The highest BCUT2D eigenvalue weighted by atomic mass is 32.1. The molecule has 0 aliphatic heterocycles. The molecule has 0 bridgehead atoms. The second-order valence-electron chi connectivity index (χ2n) is 4.01. The number of nitrogens with zero attached hydrogens (tertiary/aromatic N) is 1. The Kier molecular flexibility index (Phi) is 4.04. The molecule has 106 valence electrons. The van der Waals surface area contributed by atoms with E-state index < -0.39 is 18.0 Å². The normalized spacial score (nSPS) is 11.9. The van der Waals surface area contributed by atoms with Crippen LogP contribution in [0.2, 0.25) is 0 Å². The molecule has 20 heavy (non-hydrogen) atoms. The molecular formula is C12H13N3O4S. The van der Waals surface area contributed by atoms with Crippen molar-refractivity contribution in [3.8, 4) is 5.75 Å². The summed E-state index contributed by atoms with van der Waals surface area (Å²) in [5.74, 6) is -0.397. The van der Waals surface area contributed by atoms with Crippen LogP contribution in [0.1, 0.15) is 6.92 Å². The number of benzene rings is 1. The second-order valence-corrected chi connectivity index (χ2v) is 5.04. The standard InChI is InChI=1S/C12H13N3O4S/c1-6(10(16)17)13-11(18)15-12-14-8-4-3-7(19-2)5-9(8)20-12/h3-6H,1-2H3,(H,16,17)(H2,13,14,15,18)/t6-/m1/s1. The number of hydrogen-bond acceptors (Lipinski definition) is 5. The van der Waals surface area contributed by atoms with Gasteiger partial charge in [-0.15, -0.1) is 0 Å². The number of aliphatic carboxylic acids is 1. The third kappa shape index (κ3) is 3.15. The first-order valence-corrected chi connectivity index (χ1v) is 6.56. The van der Waals surface area contributed by atoms with E-state index in [0.29, 0.717) is 10.9 Å². The average Bonchev–Trinajstić information content (AvgIpc) is 2.78. The summed E-state index contributed by atoms with van der Waals surface area (Å²) in [5, 5.41) is 13.9. The van der Waals surface area contributed by atoms with Crippen molar-refractivity contribution in [2.75, 3.05) is 12.4 Å². The third-order valence-electron chi connectivity index (χ3n) is 2.53. The third-order valence-corrected chi connectivity index (χ3v) is 3.47. The molecule has 0 fully saturated rings. The quantitative estimate of drug-likeness (QED) is 0.799. The molecule has 1 heterocycles. The molecule has 1 aromatic heterocycles. The van der Waals surface area contributed by atoms with E-state index in [4.69, 9.17) is 9.84 Å². The van der Waals surface area contributed by atoms with Crippen LogP contribution in [0, 0.1) is 0 Å². The molecule has 0 spiro atoms. The second kappa shape index (κ2) is 5.74. The lowest BCUT2D eigenvalue weighted by Crippen LogP contribution is -2.40. The van der Waals surface area contributed by atoms with Gasteiger partial charge in [0.1, 0.15) is 11.8 Å². The van der Waals surface area contributed by atoms with Gasteiger partial charge in [-0.3, -0.25) is 10.1 Å². The Hall–Kier alpha value is -2.35. The van der Waals surface area contributed by atoms with E-state index in [9.17, 15) is 9.59 Å². The van der Waals surface area contributed by atoms with Crippen molar-refractivity contribution in [1.29, 1.82) is 0 Å². The summed E-state index contributed by atoms with van der Waals surface area (Å²) in [5.41, 5.74) is 0.734. The number of methoxy groups -OCH3 is 1. The largest absolute Gasteiger partial charge is 0.497 e. The Morgan fingerprint density at radius 3 is 2.85 bits per heavy atom. The van der Waals surface area contributed by atoms with E-state index in [1.807, 2.05) is 6.07 Å². The van der Waals surface area contributed by atoms with E-state index in [1.54, 1.807) is 19.2 Å². The lowest BCUT2D eigenvalue weighted by molar-refractivity contribution is -0.138. The van der Waals surface area contributed by atoms with Crippen LogP contribution in [-0.4, -0.2) is 35.2 Å². The van der Waals surface area contributed by atoms with Crippen molar-refractivity contribution >= 4 is 38.7 Å². The number of carbonyl (C=O) groups excluding carboxylic acids is 1. The predicted octanol–water partition coefficient (Wildman–Crippen LogP) is 1.90. The van der Waals surface area contributed by atoms with E-state index in [1.165, 1.54) is 18.3 Å². The van der Waals surface area contributed by atoms with Crippen LogP contribution >= 0.6 is 11.3 Å². The summed E-state index contributed by atoms with van der Waals surface area (Å²) in [6.45, 7) is 1.38. The van der Waals surface area contributed by atoms with Gasteiger partial charge in [-0.1, -0.05) is 11.3 Å². The van der Waals surface area contributed by atoms with Gasteiger partial charge in [-0.25, -0.2) is 9.78 Å². The molecule has 8 heteroatoms. The first-order valence-electron chi connectivity index (χ1n) is 5.74. The highest BCUT2D eigenvalue weighted by Gasteiger charge is 2.15. The van der Waals surface area contributed by atoms with E-state index in [-0.39, 0.29) is 0 Å². The topological polar surface area (TPSA) is 101 Å². The molecule has 0 unspecified atom stereocenters. The smallest absolute Gasteiger partial charge is 0.325 e. The molecule has 0 saturated heterocycles. The number of nitrogens with one attached hydrogen (secondary N) is 2. The van der Waals surface area contributed by atoms with E-state index >= 15 is 0 Å². The molecule has 2 aromatic rings. The Morgan fingerprint density at radius 2 is 2.20 bits per heavy atom. The lowest BCUT2D eigenvalue weighted by atomic mass is 10.3. The van der Waals surface area contributed by atoms with Gasteiger partial charge < -0.3 is 15.2 Å². The summed E-state index contributed by atoms with van der Waals surface area (Å²) >= 11 is 1.28. The summed E-state index contributed by atoms with van der Waals surface area (Å²) in [6, 6.07) is 3.80. The Morgan fingerprint density at radius 1 is 1.45 bits per heavy atom. The minimum atomic E-state index is -1.10. The van der Waals surface area contributed by atoms with Gasteiger partial charge in [-0.2, -0.15) is 0 Å². The molecule has 0 saturated carbocycles. The number of carboxylic acid groups (broad SMARTS) is 1. The number of hydrogen-bond donors (Lipinski definition) is 3. The molecule has 7 nitrogen and oxygen atoms in total. The van der Waals surface area contributed by atoms with Gasteiger partial charge in [0.2, 0.25) is 0 Å². The summed E-state index contributed by atoms with van der Waals surface area (Å²) < 4.78 is 5.97. The number of carbonyl (C=O) groups is 2. The minimum absolute atomic E-state index is 0.392. The maximum Gasteiger partial charge on any atom is 0.325 e. The zero-order chi connectivity index (χ0) is 14.7. The fourth-order valence-electron chi connectivity index (χ4n) is 1.48. The van der Waals surface area contributed by atoms with Gasteiger partial charge >= 0.3 is 12.0 Å². The number of urea groups is 1. The number of anilines is 1. The molecule has 1 atom stereocenters. The number of carboxylic acids is 1. The van der Waals surface area contributed by atoms with Gasteiger partial charge in [0.25, 0.3) is 0 Å². The fourth-order valence-corrected chi connectivity index (χ4v) is 2.37. The molecule has 0 radical (unpaired) electrons. The highest BCUT2D eigenvalue weighted by molar-refractivity contribution is 7.22. The predicted molar refractivity (Wildman–Crippen MR) is 75.4 cm³/mol. The molecule has 2 amide bonds. The lowest BCUT2D eigenvalue weighted by Gasteiger charge is -2.08. The number of thiazole rings is 1. The van der Waals surface area contributed by atoms with Gasteiger partial charge in [0, 0.05) is 0 Å². The summed E-state index contributed by atoms with van der Waals surface area (Å²) in [4.78, 5) is 26.4. The van der Waals surface area contributed by atoms with E-state index in [2.05, 4.69) is 15.6 Å². The number of rotatable bonds is 4. The number of fused-ring (bicyclic) bond motifs is 1. The molecule has 3 N–H and O–H groups in total. The van der Waals surface area contributed by atoms with Crippen LogP contribution in [0.25, 0.3) is 10.2 Å². The fraction of sp³-hybridized carbons (Fsp3) is 0.250. The molecule has 1 aromatic carbocycles. The van der Waals surface area contributed by atoms with Gasteiger partial charge in [0.05, 0.1) is 17.3 Å². The van der Waals surface area contributed by atoms with Crippen molar-refractivity contribution in [2.24, 2.45) is 0 Å². The maximum absolute atomic E-state index is 11.6. The first kappa shape index (κ1) is 14.1. The van der Waals surface area contributed by atoms with Gasteiger partial charge in [-0.05, 0) is 25.1 Å². The van der Waals surface area contributed by atoms with Crippen LogP contribution in [0.15, 0.2) is 18.2 Å². The van der Waals surface area contributed by atoms with Crippen molar-refractivity contribution in [3.05, 3.63) is 18.2 Å². The first-order chi connectivity index (χ1) is 9.49. The Labute approximate surface area is 118 Å². The zero-order valence-electron chi connectivity index (χ0n) is 10.8. The average molecular weight is 295 g/mol. The van der Waals surface area contributed by atoms with Crippen molar-refractivity contribution < 1.29 is 19.4 Å². The highest BCUT2D eigenvalue weighted by Crippen LogP contribution is 2.28.